The molecule has 1 aliphatic heterocycles. The van der Waals surface area contributed by atoms with Gasteiger partial charge in [0, 0.05) is 0 Å². The molecule has 2 fully saturated rings. The highest BCUT2D eigenvalue weighted by Crippen LogP contribution is 2.42. The van der Waals surface area contributed by atoms with Crippen molar-refractivity contribution in [1.82, 2.24) is 0 Å². The number of fused-ring (bicyclic) bond motifs is 1. The molecule has 3 atom stereocenters. The second kappa shape index (κ2) is 5.39. The van der Waals surface area contributed by atoms with Gasteiger partial charge in [0.05, 0.1) is 28.1 Å². The van der Waals surface area contributed by atoms with Crippen LogP contribution in [0.2, 0.25) is 5.02 Å². The maximum atomic E-state index is 12.6. The number of hydrogen-bond donors (Lipinski definition) is 1. The summed E-state index contributed by atoms with van der Waals surface area (Å²) in [7, 11) is 0. The summed E-state index contributed by atoms with van der Waals surface area (Å²) in [6, 6.07) is 4.22. The second-order valence-electron chi connectivity index (χ2n) is 6.11. The van der Waals surface area contributed by atoms with Crippen molar-refractivity contribution in [2.45, 2.75) is 26.2 Å². The molecule has 1 aromatic rings. The van der Waals surface area contributed by atoms with E-state index in [1.54, 1.807) is 0 Å². The van der Waals surface area contributed by atoms with Gasteiger partial charge in [-0.2, -0.15) is 0 Å². The van der Waals surface area contributed by atoms with Gasteiger partial charge in [-0.3, -0.25) is 14.5 Å². The molecule has 0 spiro atoms. The SMILES string of the molecule is C[C@@H]1CC[C@H]2C(=O)N(c3ccc(Cl)c(C(=O)O)c3)C(=O)[C@@H]2C1. The number of rotatable bonds is 2. The first-order valence-electron chi connectivity index (χ1n) is 7.30. The number of carbonyl (C=O) groups excluding carboxylic acids is 2. The lowest BCUT2D eigenvalue weighted by atomic mass is 9.76. The molecule has 1 N–H and O–H groups in total. The second-order valence-corrected chi connectivity index (χ2v) is 6.52. The maximum Gasteiger partial charge on any atom is 0.337 e. The van der Waals surface area contributed by atoms with E-state index < -0.39 is 5.97 Å². The molecule has 1 saturated carbocycles. The highest BCUT2D eigenvalue weighted by molar-refractivity contribution is 6.34. The zero-order chi connectivity index (χ0) is 16.0. The topological polar surface area (TPSA) is 74.7 Å². The number of carboxylic acid groups (broad SMARTS) is 1. The fourth-order valence-electron chi connectivity index (χ4n) is 3.46. The molecule has 2 aliphatic rings. The van der Waals surface area contributed by atoms with Gasteiger partial charge in [0.1, 0.15) is 0 Å². The van der Waals surface area contributed by atoms with Crippen molar-refractivity contribution in [1.29, 1.82) is 0 Å². The maximum absolute atomic E-state index is 12.6. The van der Waals surface area contributed by atoms with Crippen molar-refractivity contribution in [3.05, 3.63) is 28.8 Å². The molecule has 0 radical (unpaired) electrons. The predicted molar refractivity (Wildman–Crippen MR) is 80.9 cm³/mol. The third-order valence-electron chi connectivity index (χ3n) is 4.63. The van der Waals surface area contributed by atoms with Crippen LogP contribution in [0.1, 0.15) is 36.5 Å². The molecule has 5 nitrogen and oxygen atoms in total. The first-order valence-corrected chi connectivity index (χ1v) is 7.68. The number of amides is 2. The Bertz CT molecular complexity index is 672. The normalized spacial score (nSPS) is 27.9. The fourth-order valence-corrected chi connectivity index (χ4v) is 3.66. The third-order valence-corrected chi connectivity index (χ3v) is 4.96. The highest BCUT2D eigenvalue weighted by atomic mass is 35.5. The molecule has 0 bridgehead atoms. The lowest BCUT2D eigenvalue weighted by Gasteiger charge is -2.25. The Kier molecular flexibility index (Phi) is 3.68. The summed E-state index contributed by atoms with van der Waals surface area (Å²) in [5.41, 5.74) is 0.182. The number of carboxylic acids is 1. The average molecular weight is 322 g/mol. The lowest BCUT2D eigenvalue weighted by molar-refractivity contribution is -0.122. The summed E-state index contributed by atoms with van der Waals surface area (Å²) in [6.07, 6.45) is 2.37. The zero-order valence-electron chi connectivity index (χ0n) is 12.1. The Balaban J connectivity index is 1.98. The van der Waals surface area contributed by atoms with E-state index in [9.17, 15) is 14.4 Å². The summed E-state index contributed by atoms with van der Waals surface area (Å²) in [5, 5.41) is 9.22. The van der Waals surface area contributed by atoms with Crippen LogP contribution < -0.4 is 4.90 Å². The Morgan fingerprint density at radius 2 is 1.91 bits per heavy atom. The minimum atomic E-state index is -1.18. The number of hydrogen-bond acceptors (Lipinski definition) is 3. The number of aromatic carboxylic acids is 1. The minimum absolute atomic E-state index is 0.0846. The van der Waals surface area contributed by atoms with Crippen LogP contribution >= 0.6 is 11.6 Å². The molecule has 22 heavy (non-hydrogen) atoms. The molecule has 0 aromatic heterocycles. The summed E-state index contributed by atoms with van der Waals surface area (Å²) in [6.45, 7) is 2.08. The van der Waals surface area contributed by atoms with Crippen molar-refractivity contribution in [2.75, 3.05) is 4.90 Å². The number of nitrogens with zero attached hydrogens (tertiary/aromatic N) is 1. The van der Waals surface area contributed by atoms with Crippen LogP contribution in [-0.4, -0.2) is 22.9 Å². The molecule has 1 aromatic carbocycles. The van der Waals surface area contributed by atoms with E-state index in [0.717, 1.165) is 11.3 Å². The van der Waals surface area contributed by atoms with Crippen LogP contribution in [0, 0.1) is 17.8 Å². The molecule has 6 heteroatoms. The lowest BCUT2D eigenvalue weighted by Crippen LogP contribution is -2.31. The number of benzene rings is 1. The first kappa shape index (κ1) is 15.0. The number of imide groups is 1. The number of anilines is 1. The van der Waals surface area contributed by atoms with Crippen molar-refractivity contribution >= 4 is 35.1 Å². The van der Waals surface area contributed by atoms with E-state index in [2.05, 4.69) is 6.92 Å². The molecule has 1 saturated heterocycles. The molecule has 0 unspecified atom stereocenters. The van der Waals surface area contributed by atoms with Crippen LogP contribution in [-0.2, 0) is 9.59 Å². The Labute approximate surface area is 132 Å². The van der Waals surface area contributed by atoms with Crippen LogP contribution in [0.3, 0.4) is 0 Å². The smallest absolute Gasteiger partial charge is 0.337 e. The van der Waals surface area contributed by atoms with Gasteiger partial charge in [-0.15, -0.1) is 0 Å². The van der Waals surface area contributed by atoms with E-state index in [4.69, 9.17) is 16.7 Å². The van der Waals surface area contributed by atoms with Gasteiger partial charge in [0.25, 0.3) is 0 Å². The molecular formula is C16H16ClNO4. The van der Waals surface area contributed by atoms with Crippen LogP contribution in [0.4, 0.5) is 5.69 Å². The van der Waals surface area contributed by atoms with Crippen molar-refractivity contribution in [2.24, 2.45) is 17.8 Å². The quantitative estimate of drug-likeness (QED) is 0.850. The molecule has 116 valence electrons. The Morgan fingerprint density at radius 3 is 2.59 bits per heavy atom. The Hall–Kier alpha value is -1.88. The monoisotopic (exact) mass is 321 g/mol. The van der Waals surface area contributed by atoms with Gasteiger partial charge < -0.3 is 5.11 Å². The van der Waals surface area contributed by atoms with Gasteiger partial charge in [0.2, 0.25) is 11.8 Å². The molecule has 3 rings (SSSR count). The van der Waals surface area contributed by atoms with Gasteiger partial charge >= 0.3 is 5.97 Å². The van der Waals surface area contributed by atoms with Crippen LogP contribution in [0.25, 0.3) is 0 Å². The zero-order valence-corrected chi connectivity index (χ0v) is 12.8. The number of halogens is 1. The van der Waals surface area contributed by atoms with E-state index in [1.807, 2.05) is 0 Å². The van der Waals surface area contributed by atoms with Crippen molar-refractivity contribution < 1.29 is 19.5 Å². The predicted octanol–water partition coefficient (Wildman–Crippen LogP) is 2.96. The first-order chi connectivity index (χ1) is 10.4. The molecule has 1 aliphatic carbocycles. The summed E-state index contributed by atoms with van der Waals surface area (Å²) >= 11 is 5.84. The standard InChI is InChI=1S/C16H16ClNO4/c1-8-2-4-10-11(6-8)15(20)18(14(10)19)9-3-5-13(17)12(7-9)16(21)22/h3,5,7-8,10-11H,2,4,6H2,1H3,(H,21,22)/t8-,10-,11-/m1/s1. The summed E-state index contributed by atoms with van der Waals surface area (Å²) in [4.78, 5) is 37.4. The van der Waals surface area contributed by atoms with Crippen molar-refractivity contribution in [3.8, 4) is 0 Å². The van der Waals surface area contributed by atoms with E-state index in [-0.39, 0.29) is 34.2 Å². The van der Waals surface area contributed by atoms with E-state index in [0.29, 0.717) is 24.4 Å². The summed E-state index contributed by atoms with van der Waals surface area (Å²) < 4.78 is 0. The van der Waals surface area contributed by atoms with E-state index in [1.165, 1.54) is 18.2 Å². The fraction of sp³-hybridized carbons (Fsp3) is 0.438. The molecular weight excluding hydrogens is 306 g/mol. The highest BCUT2D eigenvalue weighted by Gasteiger charge is 2.50. The van der Waals surface area contributed by atoms with Crippen LogP contribution in [0.15, 0.2) is 18.2 Å². The largest absolute Gasteiger partial charge is 0.478 e. The Morgan fingerprint density at radius 1 is 1.23 bits per heavy atom. The molecule has 1 heterocycles. The number of carbonyl (C=O) groups is 3. The van der Waals surface area contributed by atoms with Crippen LogP contribution in [0.5, 0.6) is 0 Å². The van der Waals surface area contributed by atoms with Gasteiger partial charge in [0.15, 0.2) is 0 Å². The van der Waals surface area contributed by atoms with Gasteiger partial charge in [-0.25, -0.2) is 4.79 Å². The van der Waals surface area contributed by atoms with Crippen molar-refractivity contribution in [3.63, 3.8) is 0 Å². The average Bonchev–Trinajstić information content (AvgIpc) is 2.71. The van der Waals surface area contributed by atoms with Gasteiger partial charge in [-0.05, 0) is 43.4 Å². The van der Waals surface area contributed by atoms with Gasteiger partial charge in [-0.1, -0.05) is 18.5 Å². The summed E-state index contributed by atoms with van der Waals surface area (Å²) in [5.74, 6) is -1.75. The third kappa shape index (κ3) is 2.29. The van der Waals surface area contributed by atoms with E-state index >= 15 is 0 Å². The molecule has 2 amide bonds. The minimum Gasteiger partial charge on any atom is -0.478 e.